The summed E-state index contributed by atoms with van der Waals surface area (Å²) in [5, 5.41) is 0. The minimum Gasteiger partial charge on any atom is -0.442 e. The van der Waals surface area contributed by atoms with E-state index in [2.05, 4.69) is 10.3 Å². The lowest BCUT2D eigenvalue weighted by Gasteiger charge is -2.20. The van der Waals surface area contributed by atoms with Gasteiger partial charge in [-0.15, -0.1) is 0 Å². The van der Waals surface area contributed by atoms with E-state index >= 15 is 0 Å². The second-order valence-corrected chi connectivity index (χ2v) is 6.67. The summed E-state index contributed by atoms with van der Waals surface area (Å²) in [4.78, 5) is 21.0. The molecule has 0 bridgehead atoms. The molecule has 0 radical (unpaired) electrons. The van der Waals surface area contributed by atoms with Gasteiger partial charge in [0.25, 0.3) is 0 Å². The zero-order chi connectivity index (χ0) is 15.7. The summed E-state index contributed by atoms with van der Waals surface area (Å²) in [5.74, 6) is 4.93. The van der Waals surface area contributed by atoms with Crippen molar-refractivity contribution < 1.29 is 19.2 Å². The minimum atomic E-state index is -0.510. The van der Waals surface area contributed by atoms with Gasteiger partial charge < -0.3 is 9.57 Å². The molecule has 3 N–H and O–H groups in total. The van der Waals surface area contributed by atoms with Gasteiger partial charge in [-0.05, 0) is 46.5 Å². The fraction of sp³-hybridized carbons (Fsp3) is 0.933. The van der Waals surface area contributed by atoms with Crippen molar-refractivity contribution in [2.45, 2.75) is 89.9 Å². The Morgan fingerprint density at radius 3 is 1.86 bits per heavy atom. The molecule has 0 saturated heterocycles. The van der Waals surface area contributed by atoms with E-state index in [1.807, 2.05) is 20.8 Å². The maximum atomic E-state index is 11.2. The number of hydrogen-bond acceptors (Lipinski definition) is 5. The summed E-state index contributed by atoms with van der Waals surface area (Å²) in [6, 6.07) is 0. The molecule has 6 heteroatoms. The summed E-state index contributed by atoms with van der Waals surface area (Å²) in [7, 11) is 0. The van der Waals surface area contributed by atoms with E-state index in [-0.39, 0.29) is 6.10 Å². The largest absolute Gasteiger partial charge is 0.442 e. The lowest BCUT2D eigenvalue weighted by Crippen LogP contribution is -2.34. The van der Waals surface area contributed by atoms with Crippen LogP contribution >= 0.6 is 0 Å². The van der Waals surface area contributed by atoms with Crippen LogP contribution in [0.1, 0.15) is 72.1 Å². The van der Waals surface area contributed by atoms with Crippen molar-refractivity contribution in [1.82, 2.24) is 5.48 Å². The van der Waals surface area contributed by atoms with Crippen LogP contribution in [0.5, 0.6) is 0 Å². The minimum absolute atomic E-state index is 0.169. The van der Waals surface area contributed by atoms with Crippen molar-refractivity contribution in [1.29, 1.82) is 0 Å². The van der Waals surface area contributed by atoms with E-state index < -0.39 is 11.7 Å². The SMILES string of the molecule is CC(C)(C)OC(=O)NOC1CCCC1.NOC1CCCC1. The number of carbonyl (C=O) groups is 1. The zero-order valence-corrected chi connectivity index (χ0v) is 13.5. The molecule has 0 atom stereocenters. The summed E-state index contributed by atoms with van der Waals surface area (Å²) >= 11 is 0. The highest BCUT2D eigenvalue weighted by atomic mass is 16.7. The van der Waals surface area contributed by atoms with Crippen LogP contribution < -0.4 is 11.4 Å². The van der Waals surface area contributed by atoms with Crippen molar-refractivity contribution in [2.24, 2.45) is 5.90 Å². The molecule has 0 aromatic heterocycles. The Hall–Kier alpha value is -0.850. The molecule has 2 rings (SSSR count). The number of amides is 1. The van der Waals surface area contributed by atoms with Gasteiger partial charge in [0, 0.05) is 0 Å². The number of hydroxylamine groups is 1. The van der Waals surface area contributed by atoms with Gasteiger partial charge in [-0.25, -0.2) is 10.7 Å². The molecule has 0 aromatic carbocycles. The van der Waals surface area contributed by atoms with Gasteiger partial charge in [-0.3, -0.25) is 4.84 Å². The van der Waals surface area contributed by atoms with Crippen LogP contribution in [-0.2, 0) is 14.4 Å². The molecule has 124 valence electrons. The molecular formula is C15H30N2O4. The first-order valence-corrected chi connectivity index (χ1v) is 7.91. The van der Waals surface area contributed by atoms with Gasteiger partial charge in [0.15, 0.2) is 0 Å². The molecule has 6 nitrogen and oxygen atoms in total. The predicted molar refractivity (Wildman–Crippen MR) is 80.2 cm³/mol. The molecule has 2 saturated carbocycles. The average Bonchev–Trinajstić information content (AvgIpc) is 3.08. The maximum Gasteiger partial charge on any atom is 0.431 e. The summed E-state index contributed by atoms with van der Waals surface area (Å²) in [6.07, 6.45) is 9.36. The molecule has 0 spiro atoms. The highest BCUT2D eigenvalue weighted by Crippen LogP contribution is 2.20. The number of nitrogens with one attached hydrogen (secondary N) is 1. The maximum absolute atomic E-state index is 11.2. The topological polar surface area (TPSA) is 82.8 Å². The van der Waals surface area contributed by atoms with Crippen molar-refractivity contribution in [3.8, 4) is 0 Å². The fourth-order valence-corrected chi connectivity index (χ4v) is 2.46. The monoisotopic (exact) mass is 302 g/mol. The average molecular weight is 302 g/mol. The number of rotatable bonds is 3. The van der Waals surface area contributed by atoms with Gasteiger partial charge in [0.1, 0.15) is 5.60 Å². The van der Waals surface area contributed by atoms with E-state index in [9.17, 15) is 4.79 Å². The van der Waals surface area contributed by atoms with Crippen LogP contribution in [-0.4, -0.2) is 23.9 Å². The zero-order valence-electron chi connectivity index (χ0n) is 13.5. The smallest absolute Gasteiger partial charge is 0.431 e. The van der Waals surface area contributed by atoms with Gasteiger partial charge in [-0.2, -0.15) is 5.48 Å². The van der Waals surface area contributed by atoms with Crippen LogP contribution in [0.25, 0.3) is 0 Å². The Morgan fingerprint density at radius 2 is 1.48 bits per heavy atom. The standard InChI is InChI=1S/C10H19NO3.C5H11NO/c1-10(2,3)13-9(12)11-14-8-6-4-5-7-8;6-7-5-3-1-2-4-5/h8H,4-7H2,1-3H3,(H,11,12);5H,1-4,6H2. The molecule has 1 amide bonds. The number of carbonyl (C=O) groups excluding carboxylic acids is 1. The molecule has 0 aliphatic heterocycles. The molecule has 21 heavy (non-hydrogen) atoms. The van der Waals surface area contributed by atoms with E-state index in [0.717, 1.165) is 25.7 Å². The van der Waals surface area contributed by atoms with Crippen LogP contribution in [0.4, 0.5) is 4.79 Å². The Morgan fingerprint density at radius 1 is 1.00 bits per heavy atom. The van der Waals surface area contributed by atoms with Crippen LogP contribution in [0.15, 0.2) is 0 Å². The Kier molecular flexibility index (Phi) is 8.00. The molecule has 0 heterocycles. The van der Waals surface area contributed by atoms with Crippen LogP contribution in [0, 0.1) is 0 Å². The fourth-order valence-electron chi connectivity index (χ4n) is 2.46. The van der Waals surface area contributed by atoms with Crippen LogP contribution in [0.2, 0.25) is 0 Å². The molecule has 2 aliphatic carbocycles. The quantitative estimate of drug-likeness (QED) is 0.782. The highest BCUT2D eigenvalue weighted by Gasteiger charge is 2.20. The van der Waals surface area contributed by atoms with Gasteiger partial charge in [-0.1, -0.05) is 25.7 Å². The Balaban J connectivity index is 0.000000262. The first-order valence-electron chi connectivity index (χ1n) is 7.91. The first-order chi connectivity index (χ1) is 9.90. The molecule has 2 fully saturated rings. The summed E-state index contributed by atoms with van der Waals surface area (Å²) in [6.45, 7) is 5.46. The Bertz CT molecular complexity index is 293. The molecule has 0 aromatic rings. The van der Waals surface area contributed by atoms with Gasteiger partial charge >= 0.3 is 6.09 Å². The number of nitrogens with two attached hydrogens (primary N) is 1. The third-order valence-electron chi connectivity index (χ3n) is 3.50. The van der Waals surface area contributed by atoms with Crippen molar-refractivity contribution in [3.63, 3.8) is 0 Å². The van der Waals surface area contributed by atoms with Crippen LogP contribution in [0.3, 0.4) is 0 Å². The summed E-state index contributed by atoms with van der Waals surface area (Å²) in [5.41, 5.74) is 1.85. The van der Waals surface area contributed by atoms with E-state index in [1.54, 1.807) is 0 Å². The van der Waals surface area contributed by atoms with E-state index in [1.165, 1.54) is 25.7 Å². The van der Waals surface area contributed by atoms with Gasteiger partial charge in [0.05, 0.1) is 12.2 Å². The van der Waals surface area contributed by atoms with E-state index in [0.29, 0.717) is 6.10 Å². The molecular weight excluding hydrogens is 272 g/mol. The summed E-state index contributed by atoms with van der Waals surface area (Å²) < 4.78 is 5.02. The Labute approximate surface area is 127 Å². The number of ether oxygens (including phenoxy) is 1. The predicted octanol–water partition coefficient (Wildman–Crippen LogP) is 3.20. The lowest BCUT2D eigenvalue weighted by molar-refractivity contribution is -0.0395. The van der Waals surface area contributed by atoms with Crippen molar-refractivity contribution in [2.75, 3.05) is 0 Å². The normalized spacial score (nSPS) is 20.0. The molecule has 2 aliphatic rings. The van der Waals surface area contributed by atoms with Gasteiger partial charge in [0.2, 0.25) is 0 Å². The first kappa shape index (κ1) is 18.2. The van der Waals surface area contributed by atoms with E-state index in [4.69, 9.17) is 15.5 Å². The third kappa shape index (κ3) is 8.90. The number of hydrogen-bond donors (Lipinski definition) is 2. The second-order valence-electron chi connectivity index (χ2n) is 6.67. The second kappa shape index (κ2) is 9.23. The third-order valence-corrected chi connectivity index (χ3v) is 3.50. The molecule has 0 unspecified atom stereocenters. The highest BCUT2D eigenvalue weighted by molar-refractivity contribution is 5.66. The van der Waals surface area contributed by atoms with Crippen molar-refractivity contribution >= 4 is 6.09 Å². The van der Waals surface area contributed by atoms with Crippen molar-refractivity contribution in [3.05, 3.63) is 0 Å². The lowest BCUT2D eigenvalue weighted by atomic mass is 10.2.